The Labute approximate surface area is 168 Å². The van der Waals surface area contributed by atoms with E-state index in [0.29, 0.717) is 5.91 Å². The molecular weight excluding hydrogens is 408 g/mol. The van der Waals surface area contributed by atoms with Gasteiger partial charge in [-0.25, -0.2) is 0 Å². The number of halogens is 1. The summed E-state index contributed by atoms with van der Waals surface area (Å²) in [5.74, 6) is 0.470. The molecule has 2 saturated heterocycles. The van der Waals surface area contributed by atoms with E-state index in [1.807, 2.05) is 29.4 Å². The Balaban J connectivity index is 1.48. The van der Waals surface area contributed by atoms with Crippen LogP contribution in [0.1, 0.15) is 36.6 Å². The van der Waals surface area contributed by atoms with Crippen LogP contribution >= 0.6 is 27.3 Å². The van der Waals surface area contributed by atoms with Crippen LogP contribution in [0.15, 0.2) is 40.9 Å². The van der Waals surface area contributed by atoms with Gasteiger partial charge in [0.2, 0.25) is 5.91 Å². The lowest BCUT2D eigenvalue weighted by Gasteiger charge is -2.28. The van der Waals surface area contributed by atoms with Crippen molar-refractivity contribution in [2.45, 2.75) is 31.7 Å². The molecule has 0 spiro atoms. The molecule has 2 atom stereocenters. The van der Waals surface area contributed by atoms with E-state index in [1.54, 1.807) is 0 Å². The lowest BCUT2D eigenvalue weighted by molar-refractivity contribution is -0.131. The Morgan fingerprint density at radius 1 is 1.15 bits per heavy atom. The Hall–Kier alpha value is -1.17. The number of benzene rings is 1. The van der Waals surface area contributed by atoms with Crippen LogP contribution in [0.4, 0.5) is 0 Å². The third-order valence-corrected chi connectivity index (χ3v) is 7.39. The molecule has 1 aromatic carbocycles. The number of thiophene rings is 1. The van der Waals surface area contributed by atoms with Crippen LogP contribution < -0.4 is 0 Å². The first-order chi connectivity index (χ1) is 12.6. The summed E-state index contributed by atoms with van der Waals surface area (Å²) < 4.78 is 1.10. The van der Waals surface area contributed by atoms with E-state index >= 15 is 0 Å². The molecule has 5 heteroatoms. The zero-order valence-corrected chi connectivity index (χ0v) is 17.6. The molecule has 2 aromatic rings. The smallest absolute Gasteiger partial charge is 0.227 e. The average Bonchev–Trinajstić information content (AvgIpc) is 3.24. The summed E-state index contributed by atoms with van der Waals surface area (Å²) >= 11 is 5.37. The molecule has 26 heavy (non-hydrogen) atoms. The molecule has 2 fully saturated rings. The SMILES string of the molecule is CN1C(=O)C(CN2CCCCC2)CC1c1ccc(-c2cccc(Br)c2)s1. The summed E-state index contributed by atoms with van der Waals surface area (Å²) in [5, 5.41) is 0. The maximum absolute atomic E-state index is 12.8. The molecule has 2 aliphatic heterocycles. The fourth-order valence-corrected chi connectivity index (χ4v) is 5.77. The summed E-state index contributed by atoms with van der Waals surface area (Å²) in [7, 11) is 1.97. The van der Waals surface area contributed by atoms with Crippen LogP contribution in [0, 0.1) is 5.92 Å². The molecule has 0 N–H and O–H groups in total. The van der Waals surface area contributed by atoms with E-state index in [4.69, 9.17) is 0 Å². The first-order valence-corrected chi connectivity index (χ1v) is 11.1. The number of likely N-dealkylation sites (tertiary alicyclic amines) is 2. The molecular formula is C21H25BrN2OS. The highest BCUT2D eigenvalue weighted by Gasteiger charge is 2.39. The van der Waals surface area contributed by atoms with Gasteiger partial charge in [0.1, 0.15) is 0 Å². The molecule has 4 rings (SSSR count). The molecule has 1 aromatic heterocycles. The summed E-state index contributed by atoms with van der Waals surface area (Å²) in [6.07, 6.45) is 4.84. The van der Waals surface area contributed by atoms with Crippen LogP contribution in [0.25, 0.3) is 10.4 Å². The number of piperidine rings is 1. The van der Waals surface area contributed by atoms with Crippen LogP contribution in [-0.4, -0.2) is 42.4 Å². The summed E-state index contributed by atoms with van der Waals surface area (Å²) in [4.78, 5) is 19.8. The third-order valence-electron chi connectivity index (χ3n) is 5.66. The quantitative estimate of drug-likeness (QED) is 0.663. The minimum Gasteiger partial charge on any atom is -0.338 e. The Morgan fingerprint density at radius 3 is 2.73 bits per heavy atom. The van der Waals surface area contributed by atoms with Crippen LogP contribution in [0.2, 0.25) is 0 Å². The molecule has 0 bridgehead atoms. The molecule has 1 amide bonds. The number of carbonyl (C=O) groups excluding carboxylic acids is 1. The highest BCUT2D eigenvalue weighted by molar-refractivity contribution is 9.10. The van der Waals surface area contributed by atoms with Gasteiger partial charge in [0.15, 0.2) is 0 Å². The fraction of sp³-hybridized carbons (Fsp3) is 0.476. The highest BCUT2D eigenvalue weighted by Crippen LogP contribution is 2.41. The summed E-state index contributed by atoms with van der Waals surface area (Å²) in [6, 6.07) is 13.0. The molecule has 3 nitrogen and oxygen atoms in total. The predicted octanol–water partition coefficient (Wildman–Crippen LogP) is 5.18. The van der Waals surface area contributed by atoms with Gasteiger partial charge in [-0.3, -0.25) is 4.79 Å². The van der Waals surface area contributed by atoms with E-state index in [1.165, 1.54) is 34.6 Å². The highest BCUT2D eigenvalue weighted by atomic mass is 79.9. The molecule has 0 saturated carbocycles. The topological polar surface area (TPSA) is 23.6 Å². The van der Waals surface area contributed by atoms with Crippen molar-refractivity contribution in [3.8, 4) is 10.4 Å². The lowest BCUT2D eigenvalue weighted by Crippen LogP contribution is -2.36. The van der Waals surface area contributed by atoms with Gasteiger partial charge in [0, 0.05) is 27.8 Å². The second-order valence-electron chi connectivity index (χ2n) is 7.47. The maximum atomic E-state index is 12.8. The number of hydrogen-bond donors (Lipinski definition) is 0. The average molecular weight is 433 g/mol. The van der Waals surface area contributed by atoms with Gasteiger partial charge < -0.3 is 9.80 Å². The number of carbonyl (C=O) groups is 1. The zero-order chi connectivity index (χ0) is 18.1. The van der Waals surface area contributed by atoms with Crippen molar-refractivity contribution in [2.24, 2.45) is 5.92 Å². The van der Waals surface area contributed by atoms with Crippen LogP contribution in [-0.2, 0) is 4.79 Å². The molecule has 2 unspecified atom stereocenters. The molecule has 0 aliphatic carbocycles. The van der Waals surface area contributed by atoms with E-state index in [2.05, 4.69) is 51.2 Å². The van der Waals surface area contributed by atoms with Crippen LogP contribution in [0.5, 0.6) is 0 Å². The molecule has 138 valence electrons. The fourth-order valence-electron chi connectivity index (χ4n) is 4.21. The third kappa shape index (κ3) is 3.75. The van der Waals surface area contributed by atoms with E-state index < -0.39 is 0 Å². The van der Waals surface area contributed by atoms with Gasteiger partial charge in [-0.1, -0.05) is 34.5 Å². The normalized spacial score (nSPS) is 24.4. The number of rotatable bonds is 4. The van der Waals surface area contributed by atoms with E-state index in [0.717, 1.165) is 30.5 Å². The van der Waals surface area contributed by atoms with Gasteiger partial charge in [-0.15, -0.1) is 11.3 Å². The standard InChI is InChI=1S/C21H25BrN2OS/c1-23-18(13-16(21(23)25)14-24-10-3-2-4-11-24)20-9-8-19(26-20)15-6-5-7-17(22)12-15/h5-9,12,16,18H,2-4,10-11,13-14H2,1H3. The Morgan fingerprint density at radius 2 is 1.96 bits per heavy atom. The molecule has 3 heterocycles. The zero-order valence-electron chi connectivity index (χ0n) is 15.2. The van der Waals surface area contributed by atoms with Crippen molar-refractivity contribution in [3.05, 3.63) is 45.7 Å². The number of amides is 1. The first-order valence-electron chi connectivity index (χ1n) is 9.46. The second kappa shape index (κ2) is 7.83. The maximum Gasteiger partial charge on any atom is 0.227 e. The molecule has 2 aliphatic rings. The number of hydrogen-bond acceptors (Lipinski definition) is 3. The minimum absolute atomic E-state index is 0.152. The lowest BCUT2D eigenvalue weighted by atomic mass is 10.0. The van der Waals surface area contributed by atoms with Crippen molar-refractivity contribution in [3.63, 3.8) is 0 Å². The monoisotopic (exact) mass is 432 g/mol. The van der Waals surface area contributed by atoms with Crippen molar-refractivity contribution in [2.75, 3.05) is 26.7 Å². The van der Waals surface area contributed by atoms with Gasteiger partial charge in [-0.2, -0.15) is 0 Å². The van der Waals surface area contributed by atoms with Gasteiger partial charge in [0.25, 0.3) is 0 Å². The second-order valence-corrected chi connectivity index (χ2v) is 9.50. The van der Waals surface area contributed by atoms with Gasteiger partial charge in [0.05, 0.1) is 12.0 Å². The summed E-state index contributed by atoms with van der Waals surface area (Å²) in [6.45, 7) is 3.25. The van der Waals surface area contributed by atoms with Gasteiger partial charge in [-0.05, 0) is 62.2 Å². The Bertz CT molecular complexity index is 784. The predicted molar refractivity (Wildman–Crippen MR) is 111 cm³/mol. The van der Waals surface area contributed by atoms with Crippen molar-refractivity contribution in [1.29, 1.82) is 0 Å². The molecule has 0 radical (unpaired) electrons. The van der Waals surface area contributed by atoms with E-state index in [-0.39, 0.29) is 12.0 Å². The van der Waals surface area contributed by atoms with Crippen molar-refractivity contribution >= 4 is 33.2 Å². The number of nitrogens with zero attached hydrogens (tertiary/aromatic N) is 2. The summed E-state index contributed by atoms with van der Waals surface area (Å²) in [5.41, 5.74) is 1.23. The Kier molecular flexibility index (Phi) is 5.48. The van der Waals surface area contributed by atoms with Crippen molar-refractivity contribution < 1.29 is 4.79 Å². The van der Waals surface area contributed by atoms with Crippen molar-refractivity contribution in [1.82, 2.24) is 9.80 Å². The minimum atomic E-state index is 0.152. The first kappa shape index (κ1) is 18.2. The van der Waals surface area contributed by atoms with Crippen LogP contribution in [0.3, 0.4) is 0 Å². The van der Waals surface area contributed by atoms with Gasteiger partial charge >= 0.3 is 0 Å². The largest absolute Gasteiger partial charge is 0.338 e. The van der Waals surface area contributed by atoms with E-state index in [9.17, 15) is 4.79 Å².